The number of amides is 3. The number of hydrogen-bond donors (Lipinski definition) is 8. The molecule has 194 valence electrons. The van der Waals surface area contributed by atoms with E-state index in [-0.39, 0.29) is 18.8 Å². The van der Waals surface area contributed by atoms with Crippen LogP contribution in [0.1, 0.15) is 52.4 Å². The number of unbranched alkanes of at least 4 members (excludes halogenated alkanes) is 1. The molecule has 0 spiro atoms. The first-order valence-electron chi connectivity index (χ1n) is 10.8. The molecule has 0 rings (SSSR count). The van der Waals surface area contributed by atoms with Crippen LogP contribution in [-0.2, 0) is 28.8 Å². The van der Waals surface area contributed by atoms with E-state index in [1.165, 1.54) is 0 Å². The molecule has 34 heavy (non-hydrogen) atoms. The molecule has 0 aromatic rings. The van der Waals surface area contributed by atoms with Gasteiger partial charge in [0.1, 0.15) is 18.1 Å². The number of carbonyl (C=O) groups excluding carboxylic acids is 3. The molecule has 4 atom stereocenters. The smallest absolute Gasteiger partial charge is 0.326 e. The zero-order chi connectivity index (χ0) is 26.4. The second-order valence-corrected chi connectivity index (χ2v) is 8.24. The summed E-state index contributed by atoms with van der Waals surface area (Å²) in [6, 6.07) is -5.74. The van der Waals surface area contributed by atoms with Crippen molar-refractivity contribution in [2.24, 2.45) is 17.4 Å². The summed E-state index contributed by atoms with van der Waals surface area (Å²) in [7, 11) is 0. The van der Waals surface area contributed by atoms with E-state index in [1.54, 1.807) is 0 Å². The van der Waals surface area contributed by atoms with Crippen LogP contribution < -0.4 is 27.4 Å². The molecule has 0 saturated heterocycles. The van der Waals surface area contributed by atoms with Crippen LogP contribution in [0.25, 0.3) is 0 Å². The second-order valence-electron chi connectivity index (χ2n) is 8.24. The lowest BCUT2D eigenvalue weighted by Crippen LogP contribution is -2.58. The fourth-order valence-corrected chi connectivity index (χ4v) is 2.96. The minimum atomic E-state index is -1.72. The van der Waals surface area contributed by atoms with Gasteiger partial charge in [0.15, 0.2) is 0 Å². The van der Waals surface area contributed by atoms with Crippen molar-refractivity contribution in [3.8, 4) is 0 Å². The number of carboxylic acid groups (broad SMARTS) is 3. The summed E-state index contributed by atoms with van der Waals surface area (Å²) in [5, 5.41) is 33.9. The van der Waals surface area contributed by atoms with Crippen molar-refractivity contribution in [2.45, 2.75) is 76.5 Å². The van der Waals surface area contributed by atoms with E-state index in [0.717, 1.165) is 0 Å². The van der Waals surface area contributed by atoms with E-state index >= 15 is 0 Å². The topological polar surface area (TPSA) is 251 Å². The van der Waals surface area contributed by atoms with Crippen molar-refractivity contribution in [1.82, 2.24) is 16.0 Å². The molecule has 0 bridgehead atoms. The molecule has 4 unspecified atom stereocenters. The molecule has 14 nitrogen and oxygen atoms in total. The Morgan fingerprint density at radius 2 is 1.18 bits per heavy atom. The van der Waals surface area contributed by atoms with Crippen LogP contribution in [0.5, 0.6) is 0 Å². The summed E-state index contributed by atoms with van der Waals surface area (Å²) >= 11 is 0. The third-order valence-corrected chi connectivity index (χ3v) is 4.65. The molecule has 0 radical (unpaired) electrons. The minimum absolute atomic E-state index is 0.0252. The molecule has 0 heterocycles. The quantitative estimate of drug-likeness (QED) is 0.103. The first-order valence-corrected chi connectivity index (χ1v) is 10.8. The number of carbonyl (C=O) groups is 6. The van der Waals surface area contributed by atoms with Crippen molar-refractivity contribution < 1.29 is 44.1 Å². The molecule has 0 aliphatic rings. The Hall–Kier alpha value is -3.26. The highest BCUT2D eigenvalue weighted by Gasteiger charge is 2.32. The van der Waals surface area contributed by atoms with E-state index in [9.17, 15) is 33.9 Å². The van der Waals surface area contributed by atoms with Gasteiger partial charge in [-0.05, 0) is 38.1 Å². The van der Waals surface area contributed by atoms with Gasteiger partial charge in [0, 0.05) is 0 Å². The molecule has 3 amide bonds. The molecule has 0 saturated carbocycles. The van der Waals surface area contributed by atoms with E-state index in [2.05, 4.69) is 16.0 Å². The highest BCUT2D eigenvalue weighted by molar-refractivity contribution is 5.96. The van der Waals surface area contributed by atoms with Crippen molar-refractivity contribution in [3.63, 3.8) is 0 Å². The zero-order valence-electron chi connectivity index (χ0n) is 19.3. The number of nitrogens with two attached hydrogens (primary N) is 2. The number of nitrogens with one attached hydrogen (secondary N) is 3. The van der Waals surface area contributed by atoms with Gasteiger partial charge >= 0.3 is 17.9 Å². The fourth-order valence-electron chi connectivity index (χ4n) is 2.96. The van der Waals surface area contributed by atoms with Crippen LogP contribution >= 0.6 is 0 Å². The van der Waals surface area contributed by atoms with Gasteiger partial charge in [-0.3, -0.25) is 24.0 Å². The molecule has 14 heteroatoms. The van der Waals surface area contributed by atoms with E-state index in [4.69, 9.17) is 21.7 Å². The van der Waals surface area contributed by atoms with E-state index < -0.39 is 72.6 Å². The number of rotatable bonds is 17. The first-order chi connectivity index (χ1) is 15.8. The maximum absolute atomic E-state index is 12.7. The highest BCUT2D eigenvalue weighted by atomic mass is 16.4. The monoisotopic (exact) mass is 489 g/mol. The van der Waals surface area contributed by atoms with Gasteiger partial charge in [-0.1, -0.05) is 13.8 Å². The lowest BCUT2D eigenvalue weighted by atomic mass is 10.0. The van der Waals surface area contributed by atoms with Crippen molar-refractivity contribution >= 4 is 35.6 Å². The van der Waals surface area contributed by atoms with Gasteiger partial charge in [0.05, 0.1) is 18.9 Å². The molecular formula is C20H35N5O9. The number of carboxylic acids is 3. The Balaban J connectivity index is 5.49. The largest absolute Gasteiger partial charge is 0.481 e. The Labute approximate surface area is 196 Å². The maximum Gasteiger partial charge on any atom is 0.326 e. The van der Waals surface area contributed by atoms with Gasteiger partial charge in [-0.25, -0.2) is 4.79 Å². The van der Waals surface area contributed by atoms with Gasteiger partial charge < -0.3 is 42.7 Å². The predicted octanol–water partition coefficient (Wildman–Crippen LogP) is -2.02. The predicted molar refractivity (Wildman–Crippen MR) is 118 cm³/mol. The average molecular weight is 490 g/mol. The van der Waals surface area contributed by atoms with Crippen molar-refractivity contribution in [2.75, 3.05) is 6.54 Å². The van der Waals surface area contributed by atoms with Gasteiger partial charge in [0.25, 0.3) is 0 Å². The summed E-state index contributed by atoms with van der Waals surface area (Å²) in [5.41, 5.74) is 11.1. The SMILES string of the molecule is CC(C)CC(N)C(=O)NC(CC(=O)O)C(=O)NC(CC(=O)O)C(=O)NC(CCCCN)C(=O)O. The third-order valence-electron chi connectivity index (χ3n) is 4.65. The van der Waals surface area contributed by atoms with Crippen LogP contribution in [0.15, 0.2) is 0 Å². The first kappa shape index (κ1) is 30.7. The molecular weight excluding hydrogens is 454 g/mol. The van der Waals surface area contributed by atoms with Gasteiger partial charge in [-0.15, -0.1) is 0 Å². The summed E-state index contributed by atoms with van der Waals surface area (Å²) in [6.45, 7) is 3.93. The third kappa shape index (κ3) is 12.7. The summed E-state index contributed by atoms with van der Waals surface area (Å²) in [6.07, 6.45) is -0.593. The van der Waals surface area contributed by atoms with Crippen molar-refractivity contribution in [3.05, 3.63) is 0 Å². The maximum atomic E-state index is 12.7. The lowest BCUT2D eigenvalue weighted by Gasteiger charge is -2.24. The zero-order valence-corrected chi connectivity index (χ0v) is 19.3. The Morgan fingerprint density at radius 3 is 1.56 bits per heavy atom. The molecule has 0 aromatic carbocycles. The van der Waals surface area contributed by atoms with Crippen LogP contribution in [0.4, 0.5) is 0 Å². The van der Waals surface area contributed by atoms with E-state index in [0.29, 0.717) is 19.4 Å². The molecule has 0 aromatic heterocycles. The lowest BCUT2D eigenvalue weighted by molar-refractivity contribution is -0.145. The van der Waals surface area contributed by atoms with Crippen LogP contribution in [0, 0.1) is 5.92 Å². The van der Waals surface area contributed by atoms with E-state index in [1.807, 2.05) is 13.8 Å². The Morgan fingerprint density at radius 1 is 0.735 bits per heavy atom. The Kier molecular flexibility index (Phi) is 14.1. The van der Waals surface area contributed by atoms with Crippen LogP contribution in [0.3, 0.4) is 0 Å². The van der Waals surface area contributed by atoms with Gasteiger partial charge in [0.2, 0.25) is 17.7 Å². The van der Waals surface area contributed by atoms with Crippen molar-refractivity contribution in [1.29, 1.82) is 0 Å². The fraction of sp³-hybridized carbons (Fsp3) is 0.700. The number of hydrogen-bond acceptors (Lipinski definition) is 8. The number of aliphatic carboxylic acids is 3. The summed E-state index contributed by atoms with van der Waals surface area (Å²) in [5.74, 6) is -7.25. The molecule has 0 fully saturated rings. The molecule has 10 N–H and O–H groups in total. The van der Waals surface area contributed by atoms with Crippen LogP contribution in [0.2, 0.25) is 0 Å². The normalized spacial score (nSPS) is 14.4. The average Bonchev–Trinajstić information content (AvgIpc) is 2.70. The Bertz CT molecular complexity index is 744. The molecule has 0 aliphatic heterocycles. The summed E-state index contributed by atoms with van der Waals surface area (Å²) < 4.78 is 0. The second kappa shape index (κ2) is 15.6. The van der Waals surface area contributed by atoms with Gasteiger partial charge in [-0.2, -0.15) is 0 Å². The highest BCUT2D eigenvalue weighted by Crippen LogP contribution is 2.06. The molecule has 0 aliphatic carbocycles. The summed E-state index contributed by atoms with van der Waals surface area (Å²) in [4.78, 5) is 71.3. The minimum Gasteiger partial charge on any atom is -0.481 e. The van der Waals surface area contributed by atoms with Crippen LogP contribution in [-0.4, -0.2) is 81.7 Å². The standard InChI is InChI=1S/C20H35N5O9/c1-10(2)7-11(22)17(30)24-13(8-15(26)27)19(32)25-14(9-16(28)29)18(31)23-12(20(33)34)5-3-4-6-21/h10-14H,3-9,21-22H2,1-2H3,(H,23,31)(H,24,30)(H,25,32)(H,26,27)(H,28,29)(H,33,34).